The average Bonchev–Trinajstić information content (AvgIpc) is 2.42. The summed E-state index contributed by atoms with van der Waals surface area (Å²) in [5.41, 5.74) is -1.39. The van der Waals surface area contributed by atoms with Crippen molar-refractivity contribution in [2.45, 2.75) is 51.0 Å². The number of nitrogens with one attached hydrogen (secondary N) is 2. The lowest BCUT2D eigenvalue weighted by Crippen LogP contribution is -2.58. The molecule has 2 atom stereocenters. The van der Waals surface area contributed by atoms with E-state index in [0.717, 1.165) is 32.1 Å². The van der Waals surface area contributed by atoms with Gasteiger partial charge in [0.25, 0.3) is 5.91 Å². The molecule has 4 aliphatic carbocycles. The largest absolute Gasteiger partial charge is 0.455 e. The van der Waals surface area contributed by atoms with Gasteiger partial charge in [-0.25, -0.2) is 4.79 Å². The lowest BCUT2D eigenvalue weighted by atomic mass is 9.48. The quantitative estimate of drug-likeness (QED) is 0.661. The van der Waals surface area contributed by atoms with Crippen LogP contribution in [0.2, 0.25) is 0 Å². The van der Waals surface area contributed by atoms with E-state index >= 15 is 0 Å². The predicted molar refractivity (Wildman–Crippen MR) is 80.2 cm³/mol. The van der Waals surface area contributed by atoms with Crippen LogP contribution in [0.1, 0.15) is 45.4 Å². The van der Waals surface area contributed by atoms with Crippen LogP contribution in [0.4, 0.5) is 4.79 Å². The van der Waals surface area contributed by atoms with Crippen LogP contribution in [-0.4, -0.2) is 41.8 Å². The lowest BCUT2D eigenvalue weighted by molar-refractivity contribution is -0.196. The van der Waals surface area contributed by atoms with Gasteiger partial charge < -0.3 is 15.2 Å². The van der Waals surface area contributed by atoms with Crippen molar-refractivity contribution in [3.8, 4) is 0 Å². The molecule has 4 aliphatic rings. The number of amides is 3. The lowest BCUT2D eigenvalue weighted by Gasteiger charge is -2.58. The van der Waals surface area contributed by atoms with E-state index in [0.29, 0.717) is 24.8 Å². The Morgan fingerprint density at radius 3 is 2.39 bits per heavy atom. The zero-order valence-corrected chi connectivity index (χ0v) is 13.4. The second-order valence-electron chi connectivity index (χ2n) is 7.45. The number of carbonyl (C=O) groups is 3. The first kappa shape index (κ1) is 16.2. The van der Waals surface area contributed by atoms with Crippen LogP contribution in [0, 0.1) is 17.3 Å². The highest BCUT2D eigenvalue weighted by molar-refractivity contribution is 5.95. The van der Waals surface area contributed by atoms with Crippen molar-refractivity contribution in [2.75, 3.05) is 13.2 Å². The van der Waals surface area contributed by atoms with Crippen LogP contribution in [0.5, 0.6) is 0 Å². The fourth-order valence-electron chi connectivity index (χ4n) is 5.10. The van der Waals surface area contributed by atoms with Crippen LogP contribution < -0.4 is 10.6 Å². The van der Waals surface area contributed by atoms with E-state index in [1.807, 2.05) is 0 Å². The fraction of sp³-hybridized carbons (Fsp3) is 0.812. The smallest absolute Gasteiger partial charge is 0.321 e. The molecule has 0 aromatic carbocycles. The van der Waals surface area contributed by atoms with Crippen LogP contribution in [-0.2, 0) is 14.3 Å². The molecule has 128 valence electrons. The van der Waals surface area contributed by atoms with Gasteiger partial charge >= 0.3 is 12.0 Å². The van der Waals surface area contributed by atoms with Crippen molar-refractivity contribution in [2.24, 2.45) is 17.3 Å². The third-order valence-corrected chi connectivity index (χ3v) is 5.39. The highest BCUT2D eigenvalue weighted by Crippen LogP contribution is 2.61. The zero-order valence-electron chi connectivity index (χ0n) is 13.4. The van der Waals surface area contributed by atoms with Crippen LogP contribution in [0.3, 0.4) is 0 Å². The minimum absolute atomic E-state index is 0.373. The summed E-state index contributed by atoms with van der Waals surface area (Å²) in [6, 6.07) is -0.599. The van der Waals surface area contributed by atoms with Crippen molar-refractivity contribution >= 4 is 17.9 Å². The van der Waals surface area contributed by atoms with E-state index < -0.39 is 35.5 Å². The van der Waals surface area contributed by atoms with E-state index in [1.165, 1.54) is 0 Å². The van der Waals surface area contributed by atoms with Gasteiger partial charge in [-0.1, -0.05) is 0 Å². The molecule has 4 bridgehead atoms. The van der Waals surface area contributed by atoms with E-state index in [-0.39, 0.29) is 0 Å². The first-order valence-electron chi connectivity index (χ1n) is 8.31. The van der Waals surface area contributed by atoms with E-state index in [1.54, 1.807) is 6.92 Å². The number of urea groups is 1. The van der Waals surface area contributed by atoms with E-state index in [4.69, 9.17) is 4.74 Å². The van der Waals surface area contributed by atoms with Crippen LogP contribution in [0.25, 0.3) is 0 Å². The van der Waals surface area contributed by atoms with Gasteiger partial charge in [-0.3, -0.25) is 14.9 Å². The van der Waals surface area contributed by atoms with Crippen molar-refractivity contribution in [1.82, 2.24) is 10.6 Å². The molecule has 3 N–H and O–H groups in total. The summed E-state index contributed by atoms with van der Waals surface area (Å²) >= 11 is 0. The molecule has 0 aromatic rings. The number of ether oxygens (including phenoxy) is 1. The molecule has 7 nitrogen and oxygen atoms in total. The summed E-state index contributed by atoms with van der Waals surface area (Å²) in [4.78, 5) is 35.4. The Balaban J connectivity index is 1.56. The third kappa shape index (κ3) is 3.20. The standard InChI is InChI=1S/C16H24N2O5/c1-2-17-14(21)18-12(19)8-23-13(20)15-4-10-3-11(5-15)7-16(22,6-10)9-15/h10-11,22H,2-9H2,1H3,(H2,17,18,19,21)/t10-,11-,15?,16?/m0/s1. The molecular formula is C16H24N2O5. The highest BCUT2D eigenvalue weighted by Gasteiger charge is 2.60. The van der Waals surface area contributed by atoms with Gasteiger partial charge in [0.15, 0.2) is 6.61 Å². The Kier molecular flexibility index (Phi) is 4.08. The first-order valence-corrected chi connectivity index (χ1v) is 8.31. The first-order chi connectivity index (χ1) is 10.8. The Bertz CT molecular complexity index is 519. The molecule has 23 heavy (non-hydrogen) atoms. The summed E-state index contributed by atoms with van der Waals surface area (Å²) in [5.74, 6) is -0.306. The summed E-state index contributed by atoms with van der Waals surface area (Å²) < 4.78 is 5.17. The summed E-state index contributed by atoms with van der Waals surface area (Å²) in [6.07, 6.45) is 4.54. The average molecular weight is 324 g/mol. The van der Waals surface area contributed by atoms with Crippen molar-refractivity contribution in [3.63, 3.8) is 0 Å². The van der Waals surface area contributed by atoms with Crippen molar-refractivity contribution in [1.29, 1.82) is 0 Å². The van der Waals surface area contributed by atoms with Crippen molar-refractivity contribution in [3.05, 3.63) is 0 Å². The Hall–Kier alpha value is -1.63. The second-order valence-corrected chi connectivity index (χ2v) is 7.45. The molecule has 0 unspecified atom stereocenters. The van der Waals surface area contributed by atoms with Gasteiger partial charge in [-0.2, -0.15) is 0 Å². The molecule has 0 spiro atoms. The maximum atomic E-state index is 12.5. The van der Waals surface area contributed by atoms with Crippen LogP contribution in [0.15, 0.2) is 0 Å². The van der Waals surface area contributed by atoms with Crippen molar-refractivity contribution < 1.29 is 24.2 Å². The van der Waals surface area contributed by atoms with Gasteiger partial charge in [0.05, 0.1) is 11.0 Å². The SMILES string of the molecule is CCNC(=O)NC(=O)COC(=O)C12C[C@@H]3C[C@H](CC(O)(C3)C1)C2. The number of aliphatic hydroxyl groups is 1. The number of rotatable bonds is 4. The molecule has 0 aliphatic heterocycles. The molecule has 0 heterocycles. The predicted octanol–water partition coefficient (Wildman–Crippen LogP) is 0.707. The number of carbonyl (C=O) groups excluding carboxylic acids is 3. The minimum Gasteiger partial charge on any atom is -0.455 e. The molecule has 4 fully saturated rings. The molecule has 3 amide bonds. The van der Waals surface area contributed by atoms with Gasteiger partial charge in [-0.15, -0.1) is 0 Å². The zero-order chi connectivity index (χ0) is 16.7. The van der Waals surface area contributed by atoms with Gasteiger partial charge in [-0.05, 0) is 57.3 Å². The van der Waals surface area contributed by atoms with Gasteiger partial charge in [0.1, 0.15) is 0 Å². The monoisotopic (exact) mass is 324 g/mol. The summed E-state index contributed by atoms with van der Waals surface area (Å²) in [6.45, 7) is 1.68. The van der Waals surface area contributed by atoms with E-state index in [9.17, 15) is 19.5 Å². The molecule has 7 heteroatoms. The number of imide groups is 1. The second kappa shape index (κ2) is 5.78. The van der Waals surface area contributed by atoms with Crippen LogP contribution >= 0.6 is 0 Å². The maximum absolute atomic E-state index is 12.5. The topological polar surface area (TPSA) is 105 Å². The summed E-state index contributed by atoms with van der Waals surface area (Å²) in [5, 5.41) is 15.2. The minimum atomic E-state index is -0.744. The Morgan fingerprint density at radius 2 is 1.83 bits per heavy atom. The molecular weight excluding hydrogens is 300 g/mol. The van der Waals surface area contributed by atoms with E-state index in [2.05, 4.69) is 10.6 Å². The number of hydrogen-bond donors (Lipinski definition) is 3. The molecule has 4 rings (SSSR count). The number of esters is 1. The third-order valence-electron chi connectivity index (χ3n) is 5.39. The van der Waals surface area contributed by atoms with Gasteiger partial charge in [0, 0.05) is 6.54 Å². The van der Waals surface area contributed by atoms with Gasteiger partial charge in [0.2, 0.25) is 0 Å². The normalized spacial score (nSPS) is 37.3. The summed E-state index contributed by atoms with van der Waals surface area (Å²) in [7, 11) is 0. The molecule has 0 saturated heterocycles. The molecule has 0 radical (unpaired) electrons. The molecule has 4 saturated carbocycles. The highest BCUT2D eigenvalue weighted by atomic mass is 16.5. The Morgan fingerprint density at radius 1 is 1.17 bits per heavy atom. The molecule has 0 aromatic heterocycles. The maximum Gasteiger partial charge on any atom is 0.321 e. The fourth-order valence-corrected chi connectivity index (χ4v) is 5.10. The Labute approximate surface area is 135 Å². The number of hydrogen-bond acceptors (Lipinski definition) is 5.